The average molecular weight is 679 g/mol. The van der Waals surface area contributed by atoms with Crippen LogP contribution in [-0.4, -0.2) is 103 Å². The number of hydrogen-bond acceptors (Lipinski definition) is 15. The van der Waals surface area contributed by atoms with Crippen LogP contribution in [0.2, 0.25) is 0 Å². The molecule has 0 radical (unpaired) electrons. The van der Waals surface area contributed by atoms with Crippen molar-refractivity contribution in [2.45, 2.75) is 48.8 Å². The molecule has 8 N–H and O–H groups in total. The number of nitrogens with one attached hydrogen (secondary N) is 1. The predicted molar refractivity (Wildman–Crippen MR) is 148 cm³/mol. The molecule has 236 valence electrons. The van der Waals surface area contributed by atoms with Gasteiger partial charge in [0.25, 0.3) is 5.56 Å². The van der Waals surface area contributed by atoms with Gasteiger partial charge in [0, 0.05) is 4.57 Å². The number of aromatic nitrogens is 8. The molecule has 10 unspecified atom stereocenters. The first-order valence-corrected chi connectivity index (χ1v) is 16.4. The molecule has 6 heterocycles. The van der Waals surface area contributed by atoms with E-state index in [0.29, 0.717) is 0 Å². The van der Waals surface area contributed by atoms with Crippen molar-refractivity contribution < 1.29 is 46.8 Å². The minimum absolute atomic E-state index is 0.0118. The average Bonchev–Trinajstić information content (AvgIpc) is 3.72. The Balaban J connectivity index is 1.29. The SMILES string of the molecule is Nc1nc2c(ncn2C2OC(CO)C(F)C2P(O)(=S)OCC2OC(n3cnc4c(N)ncnc43)C(F)C2O[P+](=O)O)c(=O)[nH]1. The molecule has 0 aliphatic carbocycles. The zero-order valence-corrected chi connectivity index (χ0v) is 24.5. The lowest BCUT2D eigenvalue weighted by atomic mass is 10.1. The number of alkyl halides is 2. The minimum Gasteiger partial charge on any atom is -0.394 e. The number of nitrogens with two attached hydrogens (primary N) is 2. The molecule has 2 saturated heterocycles. The van der Waals surface area contributed by atoms with E-state index < -0.39 is 82.3 Å². The number of fused-ring (bicyclic) bond motifs is 2. The van der Waals surface area contributed by atoms with E-state index in [1.165, 1.54) is 10.9 Å². The van der Waals surface area contributed by atoms with Gasteiger partial charge in [-0.1, -0.05) is 0 Å². The first kappa shape index (κ1) is 30.8. The number of H-pyrrole nitrogens is 1. The zero-order chi connectivity index (χ0) is 31.5. The number of rotatable bonds is 9. The van der Waals surface area contributed by atoms with Crippen molar-refractivity contribution in [3.63, 3.8) is 0 Å². The third-order valence-corrected chi connectivity index (χ3v) is 10.4. The Morgan fingerprint density at radius 3 is 2.45 bits per heavy atom. The Bertz CT molecular complexity index is 1850. The van der Waals surface area contributed by atoms with Gasteiger partial charge < -0.3 is 35.5 Å². The molecule has 2 fully saturated rings. The Hall–Kier alpha value is -3.17. The maximum Gasteiger partial charge on any atom is 0.695 e. The van der Waals surface area contributed by atoms with Gasteiger partial charge in [0.2, 0.25) is 5.95 Å². The number of aromatic amines is 1. The van der Waals surface area contributed by atoms with Gasteiger partial charge in [0.05, 0.1) is 25.9 Å². The second kappa shape index (κ2) is 11.6. The second-order valence-corrected chi connectivity index (χ2v) is 14.0. The summed E-state index contributed by atoms with van der Waals surface area (Å²) in [6.45, 7) is -5.87. The molecular weight excluding hydrogens is 656 g/mol. The molecule has 44 heavy (non-hydrogen) atoms. The summed E-state index contributed by atoms with van der Waals surface area (Å²) in [5, 5.41) is 9.72. The monoisotopic (exact) mass is 679 g/mol. The molecule has 0 spiro atoms. The third-order valence-electron chi connectivity index (χ3n) is 7.13. The molecule has 24 heteroatoms. The smallest absolute Gasteiger partial charge is 0.394 e. The quantitative estimate of drug-likeness (QED) is 0.119. The molecule has 0 saturated carbocycles. The highest BCUT2D eigenvalue weighted by atomic mass is 32.5. The second-order valence-electron chi connectivity index (χ2n) is 9.72. The van der Waals surface area contributed by atoms with Gasteiger partial charge >= 0.3 is 8.25 Å². The fraction of sp³-hybridized carbons (Fsp3) is 0.500. The van der Waals surface area contributed by atoms with Crippen LogP contribution in [0.3, 0.4) is 0 Å². The van der Waals surface area contributed by atoms with E-state index in [2.05, 4.69) is 29.9 Å². The van der Waals surface area contributed by atoms with Gasteiger partial charge in [-0.05, 0) is 11.8 Å². The number of nitrogen functional groups attached to an aromatic ring is 2. The van der Waals surface area contributed by atoms with Crippen LogP contribution in [0, 0.1) is 0 Å². The van der Waals surface area contributed by atoms with E-state index in [1.54, 1.807) is 0 Å². The number of imidazole rings is 2. The number of anilines is 2. The number of ether oxygens (including phenoxy) is 2. The fourth-order valence-corrected chi connectivity index (χ4v) is 8.09. The van der Waals surface area contributed by atoms with Crippen molar-refractivity contribution >= 4 is 60.6 Å². The number of aliphatic hydroxyl groups is 1. The van der Waals surface area contributed by atoms with Gasteiger partial charge in [0.15, 0.2) is 53.9 Å². The van der Waals surface area contributed by atoms with E-state index in [9.17, 15) is 24.3 Å². The van der Waals surface area contributed by atoms with Crippen molar-refractivity contribution in [1.29, 1.82) is 0 Å². The number of aliphatic hydroxyl groups excluding tert-OH is 1. The molecular formula is C20H23F2N10O9P2S+. The number of hydrogen-bond donors (Lipinski definition) is 6. The number of halogens is 2. The van der Waals surface area contributed by atoms with Gasteiger partial charge in [-0.2, -0.15) is 4.98 Å². The summed E-state index contributed by atoms with van der Waals surface area (Å²) in [7, 11) is -3.34. The summed E-state index contributed by atoms with van der Waals surface area (Å²) in [5.74, 6) is -0.270. The van der Waals surface area contributed by atoms with Crippen LogP contribution in [0.4, 0.5) is 20.5 Å². The zero-order valence-electron chi connectivity index (χ0n) is 21.9. The highest BCUT2D eigenvalue weighted by molar-refractivity contribution is 8.09. The summed E-state index contributed by atoms with van der Waals surface area (Å²) < 4.78 is 67.1. The van der Waals surface area contributed by atoms with Crippen molar-refractivity contribution in [3.05, 3.63) is 29.3 Å². The normalized spacial score (nSPS) is 30.7. The van der Waals surface area contributed by atoms with E-state index in [1.807, 2.05) is 0 Å². The van der Waals surface area contributed by atoms with E-state index in [0.717, 1.165) is 17.2 Å². The minimum atomic E-state index is -4.33. The molecule has 2 aliphatic heterocycles. The Kier molecular flexibility index (Phi) is 8.16. The molecule has 19 nitrogen and oxygen atoms in total. The Morgan fingerprint density at radius 1 is 1.07 bits per heavy atom. The van der Waals surface area contributed by atoms with Crippen LogP contribution in [0.5, 0.6) is 0 Å². The third kappa shape index (κ3) is 5.26. The highest BCUT2D eigenvalue weighted by Gasteiger charge is 2.56. The van der Waals surface area contributed by atoms with Gasteiger partial charge in [-0.15, -0.1) is 9.42 Å². The molecule has 0 bridgehead atoms. The molecule has 4 aromatic rings. The Labute approximate surface area is 249 Å². The Morgan fingerprint density at radius 2 is 1.75 bits per heavy atom. The summed E-state index contributed by atoms with van der Waals surface area (Å²) in [4.78, 5) is 55.2. The maximum atomic E-state index is 15.7. The van der Waals surface area contributed by atoms with E-state index in [-0.39, 0.29) is 34.1 Å². The van der Waals surface area contributed by atoms with Gasteiger partial charge in [-0.3, -0.25) is 18.9 Å². The van der Waals surface area contributed by atoms with E-state index >= 15 is 8.78 Å². The van der Waals surface area contributed by atoms with E-state index in [4.69, 9.17) is 41.8 Å². The van der Waals surface area contributed by atoms with Crippen LogP contribution in [0.25, 0.3) is 22.3 Å². The van der Waals surface area contributed by atoms with Crippen molar-refractivity contribution in [2.75, 3.05) is 24.7 Å². The summed E-state index contributed by atoms with van der Waals surface area (Å²) >= 11 is 5.34. The standard InChI is InChI=1S/C20H22F2N10O9P2S/c21-8-6(1-33)39-19(32-5-28-11-16(32)29-20(24)30-17(11)34)13(8)43(37,44)38-2-7-12(41-42(35)36)9(22)18(40-7)31-4-27-10-14(23)25-3-26-15(10)31/h3-9,12-13,18-19,33H,1-2H2,(H6-,23,24,25,26,29,30,34,35,36,37,44)/p+1. The molecule has 2 aliphatic rings. The van der Waals surface area contributed by atoms with Crippen LogP contribution in [-0.2, 0) is 34.9 Å². The lowest BCUT2D eigenvalue weighted by Crippen LogP contribution is -2.34. The fourth-order valence-electron chi connectivity index (χ4n) is 5.16. The first-order chi connectivity index (χ1) is 20.9. The predicted octanol–water partition coefficient (Wildman–Crippen LogP) is -0.691. The summed E-state index contributed by atoms with van der Waals surface area (Å²) in [6.07, 6.45) is -8.45. The largest absolute Gasteiger partial charge is 0.695 e. The van der Waals surface area contributed by atoms with Crippen LogP contribution >= 0.6 is 14.7 Å². The highest BCUT2D eigenvalue weighted by Crippen LogP contribution is 2.58. The van der Waals surface area contributed by atoms with Crippen LogP contribution < -0.4 is 17.0 Å². The summed E-state index contributed by atoms with van der Waals surface area (Å²) in [5.41, 5.74) is 9.02. The molecule has 6 rings (SSSR count). The maximum absolute atomic E-state index is 15.7. The first-order valence-electron chi connectivity index (χ1n) is 12.6. The molecule has 10 atom stereocenters. The topological polar surface area (TPSA) is 274 Å². The molecule has 4 aromatic heterocycles. The van der Waals surface area contributed by atoms with Crippen molar-refractivity contribution in [1.82, 2.24) is 39.0 Å². The lowest BCUT2D eigenvalue weighted by molar-refractivity contribution is -0.0405. The molecule has 0 amide bonds. The summed E-state index contributed by atoms with van der Waals surface area (Å²) in [6, 6.07) is 0. The molecule has 0 aromatic carbocycles. The van der Waals surface area contributed by atoms with Crippen LogP contribution in [0.15, 0.2) is 23.8 Å². The van der Waals surface area contributed by atoms with Gasteiger partial charge in [0.1, 0.15) is 35.9 Å². The lowest BCUT2D eigenvalue weighted by Gasteiger charge is -2.29. The van der Waals surface area contributed by atoms with Gasteiger partial charge in [-0.25, -0.2) is 28.7 Å². The van der Waals surface area contributed by atoms with Crippen molar-refractivity contribution in [2.24, 2.45) is 0 Å². The number of nitrogens with zero attached hydrogens (tertiary/aromatic N) is 7. The van der Waals surface area contributed by atoms with Crippen LogP contribution in [0.1, 0.15) is 12.5 Å². The van der Waals surface area contributed by atoms with Crippen molar-refractivity contribution in [3.8, 4) is 0 Å².